The normalized spacial score (nSPS) is 16.8. The van der Waals surface area contributed by atoms with E-state index in [1.165, 1.54) is 0 Å². The van der Waals surface area contributed by atoms with Gasteiger partial charge in [0.15, 0.2) is 0 Å². The molecule has 1 aromatic rings. The molecule has 2 rings (SSSR count). The number of alkyl halides is 2. The van der Waals surface area contributed by atoms with Crippen LogP contribution in [0.2, 0.25) is 0 Å². The maximum Gasteiger partial charge on any atom is 0.333 e. The Bertz CT molecular complexity index is 509. The molecule has 2 heterocycles. The minimum Gasteiger partial charge on any atom is -0.396 e. The Labute approximate surface area is 122 Å². The summed E-state index contributed by atoms with van der Waals surface area (Å²) in [5.74, 6) is 0.200. The van der Waals surface area contributed by atoms with E-state index >= 15 is 0 Å². The first kappa shape index (κ1) is 15.9. The summed E-state index contributed by atoms with van der Waals surface area (Å²) in [5.41, 5.74) is 1.41. The van der Waals surface area contributed by atoms with Gasteiger partial charge in [-0.25, -0.2) is 4.68 Å². The molecule has 1 N–H and O–H groups in total. The molecule has 1 aromatic heterocycles. The van der Waals surface area contributed by atoms with Gasteiger partial charge in [-0.3, -0.25) is 4.79 Å². The lowest BCUT2D eigenvalue weighted by atomic mass is 9.97. The van der Waals surface area contributed by atoms with E-state index in [-0.39, 0.29) is 24.9 Å². The average molecular weight is 301 g/mol. The Morgan fingerprint density at radius 2 is 2.00 bits per heavy atom. The molecule has 1 aliphatic heterocycles. The average Bonchev–Trinajstić information content (AvgIpc) is 2.75. The second kappa shape index (κ2) is 6.51. The fraction of sp³-hybridized carbons (Fsp3) is 0.714. The summed E-state index contributed by atoms with van der Waals surface area (Å²) in [6.45, 7) is 1.91. The number of nitrogens with zero attached hydrogens (tertiary/aromatic N) is 3. The van der Waals surface area contributed by atoms with Crippen LogP contribution in [0.25, 0.3) is 0 Å². The first-order valence-corrected chi connectivity index (χ1v) is 7.15. The highest BCUT2D eigenvalue weighted by atomic mass is 19.3. The van der Waals surface area contributed by atoms with E-state index in [1.807, 2.05) is 0 Å². The van der Waals surface area contributed by atoms with Crippen LogP contribution >= 0.6 is 0 Å². The number of aryl methyl sites for hydroxylation is 1. The van der Waals surface area contributed by atoms with Gasteiger partial charge in [0.1, 0.15) is 0 Å². The summed E-state index contributed by atoms with van der Waals surface area (Å²) in [6, 6.07) is 0. The minimum atomic E-state index is -2.69. The summed E-state index contributed by atoms with van der Waals surface area (Å²) in [6.07, 6.45) is 1.68. The van der Waals surface area contributed by atoms with Crippen LogP contribution in [-0.4, -0.2) is 45.4 Å². The maximum atomic E-state index is 12.8. The monoisotopic (exact) mass is 301 g/mol. The summed E-state index contributed by atoms with van der Waals surface area (Å²) in [4.78, 5) is 14.0. The van der Waals surface area contributed by atoms with Gasteiger partial charge >= 0.3 is 6.55 Å². The van der Waals surface area contributed by atoms with E-state index in [9.17, 15) is 13.6 Å². The van der Waals surface area contributed by atoms with Crippen molar-refractivity contribution in [3.05, 3.63) is 17.0 Å². The first-order valence-electron chi connectivity index (χ1n) is 7.15. The van der Waals surface area contributed by atoms with E-state index in [0.717, 1.165) is 12.8 Å². The van der Waals surface area contributed by atoms with Crippen LogP contribution in [0.1, 0.15) is 36.3 Å². The van der Waals surface area contributed by atoms with Gasteiger partial charge in [0.05, 0.1) is 12.1 Å². The maximum absolute atomic E-state index is 12.8. The summed E-state index contributed by atoms with van der Waals surface area (Å²) in [5, 5.41) is 12.9. The zero-order chi connectivity index (χ0) is 15.6. The van der Waals surface area contributed by atoms with Gasteiger partial charge in [-0.05, 0) is 32.6 Å². The van der Waals surface area contributed by atoms with Crippen molar-refractivity contribution < 1.29 is 18.7 Å². The number of halogens is 2. The molecule has 5 nitrogen and oxygen atoms in total. The standard InChI is InChI=1S/C14H21F2N3O2/c1-9-12(10(2)19(17-9)14(15)16)7-13(21)18-5-3-11(8-20)4-6-18/h11,14,20H,3-8H2,1-2H3. The number of amides is 1. The largest absolute Gasteiger partial charge is 0.396 e. The molecule has 118 valence electrons. The number of carbonyl (C=O) groups excluding carboxylic acids is 1. The third-order valence-corrected chi connectivity index (χ3v) is 4.21. The number of piperidine rings is 1. The molecule has 1 saturated heterocycles. The van der Waals surface area contributed by atoms with Crippen molar-refractivity contribution >= 4 is 5.91 Å². The summed E-state index contributed by atoms with van der Waals surface area (Å²) in [7, 11) is 0. The van der Waals surface area contributed by atoms with Gasteiger partial charge < -0.3 is 10.0 Å². The second-order valence-electron chi connectivity index (χ2n) is 5.56. The topological polar surface area (TPSA) is 58.4 Å². The fourth-order valence-electron chi connectivity index (χ4n) is 2.77. The Balaban J connectivity index is 2.03. The third kappa shape index (κ3) is 3.40. The van der Waals surface area contributed by atoms with Crippen LogP contribution in [-0.2, 0) is 11.2 Å². The Hall–Kier alpha value is -1.50. The van der Waals surface area contributed by atoms with Gasteiger partial charge in [0.2, 0.25) is 5.91 Å². The zero-order valence-corrected chi connectivity index (χ0v) is 12.4. The number of aromatic nitrogens is 2. The van der Waals surface area contributed by atoms with Crippen molar-refractivity contribution in [2.75, 3.05) is 19.7 Å². The molecule has 0 unspecified atom stereocenters. The fourth-order valence-corrected chi connectivity index (χ4v) is 2.77. The lowest BCUT2D eigenvalue weighted by molar-refractivity contribution is -0.132. The zero-order valence-electron chi connectivity index (χ0n) is 12.4. The molecule has 0 aromatic carbocycles. The Morgan fingerprint density at radius 3 is 2.48 bits per heavy atom. The predicted octanol–water partition coefficient (Wildman–Crippen LogP) is 1.67. The molecule has 0 atom stereocenters. The highest BCUT2D eigenvalue weighted by Crippen LogP contribution is 2.22. The number of carbonyl (C=O) groups is 1. The molecule has 0 bridgehead atoms. The van der Waals surface area contributed by atoms with Gasteiger partial charge in [-0.15, -0.1) is 0 Å². The van der Waals surface area contributed by atoms with Crippen molar-refractivity contribution in [3.8, 4) is 0 Å². The minimum absolute atomic E-state index is 0.0635. The molecular weight excluding hydrogens is 280 g/mol. The molecule has 21 heavy (non-hydrogen) atoms. The molecule has 1 fully saturated rings. The number of hydrogen-bond acceptors (Lipinski definition) is 3. The van der Waals surface area contributed by atoms with Crippen LogP contribution in [0, 0.1) is 19.8 Å². The van der Waals surface area contributed by atoms with Crippen molar-refractivity contribution in [2.24, 2.45) is 5.92 Å². The smallest absolute Gasteiger partial charge is 0.333 e. The van der Waals surface area contributed by atoms with Crippen molar-refractivity contribution in [1.29, 1.82) is 0 Å². The van der Waals surface area contributed by atoms with E-state index in [4.69, 9.17) is 5.11 Å². The SMILES string of the molecule is Cc1nn(C(F)F)c(C)c1CC(=O)N1CCC(CO)CC1. The molecule has 1 aliphatic rings. The van der Waals surface area contributed by atoms with Gasteiger partial charge in [0, 0.05) is 31.0 Å². The predicted molar refractivity (Wildman–Crippen MR) is 73.0 cm³/mol. The van der Waals surface area contributed by atoms with Crippen LogP contribution < -0.4 is 0 Å². The number of aliphatic hydroxyl groups is 1. The van der Waals surface area contributed by atoms with Crippen LogP contribution in [0.4, 0.5) is 8.78 Å². The number of rotatable bonds is 4. The Kier molecular flexibility index (Phi) is 4.92. The number of likely N-dealkylation sites (tertiary alicyclic amines) is 1. The second-order valence-corrected chi connectivity index (χ2v) is 5.56. The first-order chi connectivity index (χ1) is 9.93. The van der Waals surface area contributed by atoms with Gasteiger partial charge in [-0.1, -0.05) is 0 Å². The van der Waals surface area contributed by atoms with Crippen molar-refractivity contribution in [3.63, 3.8) is 0 Å². The third-order valence-electron chi connectivity index (χ3n) is 4.21. The molecule has 7 heteroatoms. The van der Waals surface area contributed by atoms with Crippen LogP contribution in [0.15, 0.2) is 0 Å². The lowest BCUT2D eigenvalue weighted by Crippen LogP contribution is -2.40. The van der Waals surface area contributed by atoms with Crippen LogP contribution in [0.5, 0.6) is 0 Å². The summed E-state index contributed by atoms with van der Waals surface area (Å²) >= 11 is 0. The van der Waals surface area contributed by atoms with E-state index in [2.05, 4.69) is 5.10 Å². The van der Waals surface area contributed by atoms with Crippen LogP contribution in [0.3, 0.4) is 0 Å². The number of aliphatic hydroxyl groups excluding tert-OH is 1. The molecular formula is C14H21F2N3O2. The quantitative estimate of drug-likeness (QED) is 0.920. The molecule has 0 aliphatic carbocycles. The molecule has 0 radical (unpaired) electrons. The molecule has 0 spiro atoms. The summed E-state index contributed by atoms with van der Waals surface area (Å²) < 4.78 is 26.2. The van der Waals surface area contributed by atoms with E-state index in [0.29, 0.717) is 34.7 Å². The van der Waals surface area contributed by atoms with Gasteiger partial charge in [0.25, 0.3) is 0 Å². The highest BCUT2D eigenvalue weighted by molar-refractivity contribution is 5.79. The van der Waals surface area contributed by atoms with E-state index < -0.39 is 6.55 Å². The van der Waals surface area contributed by atoms with Crippen molar-refractivity contribution in [1.82, 2.24) is 14.7 Å². The van der Waals surface area contributed by atoms with Crippen molar-refractivity contribution in [2.45, 2.75) is 39.7 Å². The van der Waals surface area contributed by atoms with Gasteiger partial charge in [-0.2, -0.15) is 13.9 Å². The number of hydrogen-bond donors (Lipinski definition) is 1. The lowest BCUT2D eigenvalue weighted by Gasteiger charge is -2.31. The molecule has 0 saturated carbocycles. The highest BCUT2D eigenvalue weighted by Gasteiger charge is 2.25. The van der Waals surface area contributed by atoms with E-state index in [1.54, 1.807) is 18.7 Å². The molecule has 1 amide bonds. The Morgan fingerprint density at radius 1 is 1.38 bits per heavy atom.